The molecular weight excluding hydrogens is 170 g/mol. The van der Waals surface area contributed by atoms with Crippen molar-refractivity contribution in [1.82, 2.24) is 0 Å². The van der Waals surface area contributed by atoms with Gasteiger partial charge in [0.15, 0.2) is 0 Å². The Morgan fingerprint density at radius 2 is 2.29 bits per heavy atom. The van der Waals surface area contributed by atoms with Crippen molar-refractivity contribution in [1.29, 1.82) is 5.26 Å². The lowest BCUT2D eigenvalue weighted by Gasteiger charge is -1.96. The Kier molecular flexibility index (Phi) is 3.69. The van der Waals surface area contributed by atoms with Crippen molar-refractivity contribution in [3.8, 4) is 6.07 Å². The molecule has 0 radical (unpaired) electrons. The third kappa shape index (κ3) is 2.11. The largest absolute Gasteiger partial charge is 0.198 e. The molecular formula is C13H13N. The highest BCUT2D eigenvalue weighted by atomic mass is 14.2. The van der Waals surface area contributed by atoms with Gasteiger partial charge in [-0.3, -0.25) is 0 Å². The van der Waals surface area contributed by atoms with E-state index in [4.69, 9.17) is 5.26 Å². The molecule has 0 spiro atoms. The lowest BCUT2D eigenvalue weighted by Crippen LogP contribution is -2.27. The maximum atomic E-state index is 8.67. The van der Waals surface area contributed by atoms with E-state index in [-0.39, 0.29) is 0 Å². The number of rotatable bonds is 2. The molecule has 0 heterocycles. The molecule has 0 aliphatic heterocycles. The lowest BCUT2D eigenvalue weighted by atomic mass is 10.1. The number of benzene rings is 1. The van der Waals surface area contributed by atoms with Gasteiger partial charge >= 0.3 is 0 Å². The van der Waals surface area contributed by atoms with Crippen LogP contribution in [0.25, 0.3) is 12.2 Å². The minimum absolute atomic E-state index is 0.457. The predicted molar refractivity (Wildman–Crippen MR) is 59.8 cm³/mol. The highest BCUT2D eigenvalue weighted by Crippen LogP contribution is 1.89. The molecule has 0 aliphatic rings. The summed E-state index contributed by atoms with van der Waals surface area (Å²) in [4.78, 5) is 0. The van der Waals surface area contributed by atoms with Crippen LogP contribution < -0.4 is 10.4 Å². The van der Waals surface area contributed by atoms with Crippen LogP contribution in [0.15, 0.2) is 30.9 Å². The fraction of sp³-hybridized carbons (Fsp3) is 0.154. The SMILES string of the molecule is C=C/C=c1/cccc(CC#N)/c1=C/C. The van der Waals surface area contributed by atoms with Crippen LogP contribution in [-0.2, 0) is 6.42 Å². The summed E-state index contributed by atoms with van der Waals surface area (Å²) in [5.41, 5.74) is 1.07. The molecule has 1 aromatic rings. The van der Waals surface area contributed by atoms with Crippen LogP contribution in [0.2, 0.25) is 0 Å². The van der Waals surface area contributed by atoms with Crippen molar-refractivity contribution in [2.75, 3.05) is 0 Å². The van der Waals surface area contributed by atoms with Crippen molar-refractivity contribution < 1.29 is 0 Å². The van der Waals surface area contributed by atoms with Crippen molar-refractivity contribution in [2.45, 2.75) is 13.3 Å². The molecule has 0 N–H and O–H groups in total. The first-order chi connectivity index (χ1) is 6.83. The molecule has 0 unspecified atom stereocenters. The van der Waals surface area contributed by atoms with Gasteiger partial charge < -0.3 is 0 Å². The van der Waals surface area contributed by atoms with E-state index in [0.717, 1.165) is 16.0 Å². The second-order valence-corrected chi connectivity index (χ2v) is 2.95. The van der Waals surface area contributed by atoms with Gasteiger partial charge in [0.05, 0.1) is 12.5 Å². The third-order valence-corrected chi connectivity index (χ3v) is 2.09. The van der Waals surface area contributed by atoms with E-state index < -0.39 is 0 Å². The van der Waals surface area contributed by atoms with Gasteiger partial charge in [-0.2, -0.15) is 5.26 Å². The standard InChI is InChI=1S/C13H13N/c1-3-6-11-7-5-8-12(9-10-14)13(11)4-2/h3-8H,1,9H2,2H3/b11-6-,13-4+. The van der Waals surface area contributed by atoms with Gasteiger partial charge in [-0.05, 0) is 22.9 Å². The zero-order chi connectivity index (χ0) is 10.4. The summed E-state index contributed by atoms with van der Waals surface area (Å²) in [7, 11) is 0. The minimum atomic E-state index is 0.457. The molecule has 1 rings (SSSR count). The van der Waals surface area contributed by atoms with E-state index in [1.165, 1.54) is 0 Å². The molecule has 14 heavy (non-hydrogen) atoms. The van der Waals surface area contributed by atoms with Gasteiger partial charge in [-0.15, -0.1) is 0 Å². The number of allylic oxidation sites excluding steroid dienone is 1. The van der Waals surface area contributed by atoms with Crippen LogP contribution in [0.4, 0.5) is 0 Å². The number of nitrogens with zero attached hydrogens (tertiary/aromatic N) is 1. The first-order valence-electron chi connectivity index (χ1n) is 4.57. The van der Waals surface area contributed by atoms with E-state index in [9.17, 15) is 0 Å². The highest BCUT2D eigenvalue weighted by molar-refractivity contribution is 5.41. The molecule has 0 amide bonds. The van der Waals surface area contributed by atoms with Gasteiger partial charge in [-0.25, -0.2) is 0 Å². The van der Waals surface area contributed by atoms with E-state index >= 15 is 0 Å². The van der Waals surface area contributed by atoms with Crippen molar-refractivity contribution in [3.05, 3.63) is 46.9 Å². The van der Waals surface area contributed by atoms with Gasteiger partial charge in [0.25, 0.3) is 0 Å². The molecule has 0 aromatic heterocycles. The van der Waals surface area contributed by atoms with Crippen LogP contribution >= 0.6 is 0 Å². The van der Waals surface area contributed by atoms with E-state index in [1.54, 1.807) is 6.08 Å². The maximum Gasteiger partial charge on any atom is 0.0669 e. The zero-order valence-corrected chi connectivity index (χ0v) is 8.33. The summed E-state index contributed by atoms with van der Waals surface area (Å²) in [5.74, 6) is 0. The Labute approximate surface area is 84.3 Å². The van der Waals surface area contributed by atoms with Gasteiger partial charge in [0.1, 0.15) is 0 Å². The molecule has 70 valence electrons. The third-order valence-electron chi connectivity index (χ3n) is 2.09. The Morgan fingerprint density at radius 1 is 1.50 bits per heavy atom. The van der Waals surface area contributed by atoms with Gasteiger partial charge in [0, 0.05) is 0 Å². The Bertz CT molecular complexity index is 475. The molecule has 0 aliphatic carbocycles. The first kappa shape index (κ1) is 10.3. The molecule has 1 nitrogen and oxygen atoms in total. The minimum Gasteiger partial charge on any atom is -0.198 e. The first-order valence-corrected chi connectivity index (χ1v) is 4.57. The Morgan fingerprint density at radius 3 is 2.86 bits per heavy atom. The normalized spacial score (nSPS) is 12.6. The van der Waals surface area contributed by atoms with Crippen molar-refractivity contribution >= 4 is 12.2 Å². The van der Waals surface area contributed by atoms with Crippen molar-refractivity contribution in [2.24, 2.45) is 0 Å². The van der Waals surface area contributed by atoms with Gasteiger partial charge in [-0.1, -0.05) is 43.0 Å². The van der Waals surface area contributed by atoms with Crippen LogP contribution in [-0.4, -0.2) is 0 Å². The second kappa shape index (κ2) is 5.04. The number of hydrogen-bond donors (Lipinski definition) is 0. The molecule has 0 bridgehead atoms. The quantitative estimate of drug-likeness (QED) is 0.682. The smallest absolute Gasteiger partial charge is 0.0669 e. The summed E-state index contributed by atoms with van der Waals surface area (Å²) in [5, 5.41) is 10.9. The summed E-state index contributed by atoms with van der Waals surface area (Å²) in [6.45, 7) is 5.66. The molecule has 0 saturated heterocycles. The second-order valence-electron chi connectivity index (χ2n) is 2.95. The summed E-state index contributed by atoms with van der Waals surface area (Å²) in [6.07, 6.45) is 6.20. The molecule has 0 atom stereocenters. The van der Waals surface area contributed by atoms with Crippen molar-refractivity contribution in [3.63, 3.8) is 0 Å². The number of hydrogen-bond acceptors (Lipinski definition) is 1. The Balaban J connectivity index is 3.51. The average molecular weight is 183 g/mol. The van der Waals surface area contributed by atoms with Crippen LogP contribution in [0.1, 0.15) is 12.5 Å². The molecule has 1 heteroatoms. The van der Waals surface area contributed by atoms with E-state index in [1.807, 2.05) is 37.3 Å². The lowest BCUT2D eigenvalue weighted by molar-refractivity contribution is 1.22. The maximum absolute atomic E-state index is 8.67. The summed E-state index contributed by atoms with van der Waals surface area (Å²) < 4.78 is 0. The fourth-order valence-electron chi connectivity index (χ4n) is 1.50. The average Bonchev–Trinajstić information content (AvgIpc) is 2.19. The highest BCUT2D eigenvalue weighted by Gasteiger charge is 1.93. The molecule has 0 saturated carbocycles. The van der Waals surface area contributed by atoms with Gasteiger partial charge in [0.2, 0.25) is 0 Å². The zero-order valence-electron chi connectivity index (χ0n) is 8.33. The fourth-order valence-corrected chi connectivity index (χ4v) is 1.50. The van der Waals surface area contributed by atoms with Crippen LogP contribution in [0.3, 0.4) is 0 Å². The van der Waals surface area contributed by atoms with Crippen LogP contribution in [0, 0.1) is 11.3 Å². The summed E-state index contributed by atoms with van der Waals surface area (Å²) in [6, 6.07) is 8.15. The number of nitriles is 1. The van der Waals surface area contributed by atoms with Crippen LogP contribution in [0.5, 0.6) is 0 Å². The topological polar surface area (TPSA) is 23.8 Å². The monoisotopic (exact) mass is 183 g/mol. The van der Waals surface area contributed by atoms with E-state index in [2.05, 4.69) is 12.6 Å². The molecule has 0 fully saturated rings. The predicted octanol–water partition coefficient (Wildman–Crippen LogP) is 1.52. The van der Waals surface area contributed by atoms with E-state index in [0.29, 0.717) is 6.42 Å². The summed E-state index contributed by atoms with van der Waals surface area (Å²) >= 11 is 0. The Hall–Kier alpha value is -1.81. The molecule has 1 aromatic carbocycles.